The molecule has 2 heterocycles. The highest BCUT2D eigenvalue weighted by molar-refractivity contribution is 5.91. The van der Waals surface area contributed by atoms with Crippen molar-refractivity contribution in [1.82, 2.24) is 15.2 Å². The highest BCUT2D eigenvalue weighted by atomic mass is 19.1. The van der Waals surface area contributed by atoms with Gasteiger partial charge in [-0.1, -0.05) is 30.3 Å². The van der Waals surface area contributed by atoms with Gasteiger partial charge < -0.3 is 9.64 Å². The normalized spacial score (nSPS) is 10.9. The number of rotatable bonds is 5. The van der Waals surface area contributed by atoms with Crippen LogP contribution in [-0.2, 0) is 11.3 Å². The van der Waals surface area contributed by atoms with E-state index < -0.39 is 5.82 Å². The fraction of sp³-hybridized carbons (Fsp3) is 0.136. The molecule has 0 aliphatic heterocycles. The lowest BCUT2D eigenvalue weighted by Gasteiger charge is -2.22. The van der Waals surface area contributed by atoms with Crippen molar-refractivity contribution in [2.45, 2.75) is 20.4 Å². The second kappa shape index (κ2) is 7.71. The number of halogens is 1. The summed E-state index contributed by atoms with van der Waals surface area (Å²) in [7, 11) is 0. The highest BCUT2D eigenvalue weighted by Gasteiger charge is 2.17. The maximum atomic E-state index is 14.8. The molecular formula is C22H19FN4O2. The predicted molar refractivity (Wildman–Crippen MR) is 108 cm³/mol. The van der Waals surface area contributed by atoms with E-state index in [1.807, 2.05) is 37.3 Å². The van der Waals surface area contributed by atoms with E-state index in [1.54, 1.807) is 18.3 Å². The van der Waals surface area contributed by atoms with E-state index in [2.05, 4.69) is 15.2 Å². The molecule has 0 saturated heterocycles. The van der Waals surface area contributed by atoms with Gasteiger partial charge in [0.15, 0.2) is 17.2 Å². The monoisotopic (exact) mass is 390 g/mol. The number of carbonyl (C=O) groups is 1. The maximum Gasteiger partial charge on any atom is 0.224 e. The number of benzene rings is 2. The van der Waals surface area contributed by atoms with Gasteiger partial charge in [0.25, 0.3) is 0 Å². The second-order valence-corrected chi connectivity index (χ2v) is 6.66. The third kappa shape index (κ3) is 3.80. The SMILES string of the molecule is CC(=O)N(Cc1ccccc1)c1ccc(Oc2ccnc3n[nH]c(C)c23)c(F)c1. The Hall–Kier alpha value is -3.74. The molecule has 1 amide bonds. The molecule has 1 N–H and O–H groups in total. The molecule has 7 heteroatoms. The zero-order valence-electron chi connectivity index (χ0n) is 16.0. The van der Waals surface area contributed by atoms with Gasteiger partial charge in [0.05, 0.1) is 11.9 Å². The van der Waals surface area contributed by atoms with Crippen LogP contribution in [0.2, 0.25) is 0 Å². The van der Waals surface area contributed by atoms with E-state index in [-0.39, 0.29) is 11.7 Å². The quantitative estimate of drug-likeness (QED) is 0.534. The first-order valence-electron chi connectivity index (χ1n) is 9.12. The Morgan fingerprint density at radius 3 is 2.66 bits per heavy atom. The summed E-state index contributed by atoms with van der Waals surface area (Å²) in [6, 6.07) is 15.7. The van der Waals surface area contributed by atoms with Crippen LogP contribution in [0.1, 0.15) is 18.2 Å². The summed E-state index contributed by atoms with van der Waals surface area (Å²) >= 11 is 0. The number of nitrogens with zero attached hydrogens (tertiary/aromatic N) is 3. The number of hydrogen-bond donors (Lipinski definition) is 1. The van der Waals surface area contributed by atoms with Gasteiger partial charge in [-0.15, -0.1) is 0 Å². The average molecular weight is 390 g/mol. The molecule has 0 saturated carbocycles. The highest BCUT2D eigenvalue weighted by Crippen LogP contribution is 2.33. The van der Waals surface area contributed by atoms with Gasteiger partial charge in [0.2, 0.25) is 5.91 Å². The summed E-state index contributed by atoms with van der Waals surface area (Å²) in [5, 5.41) is 7.63. The molecule has 2 aromatic carbocycles. The third-order valence-electron chi connectivity index (χ3n) is 4.61. The first kappa shape index (κ1) is 18.6. The molecule has 6 nitrogen and oxygen atoms in total. The zero-order valence-corrected chi connectivity index (χ0v) is 16.0. The minimum absolute atomic E-state index is 0.0602. The summed E-state index contributed by atoms with van der Waals surface area (Å²) < 4.78 is 20.6. The van der Waals surface area contributed by atoms with Gasteiger partial charge in [-0.25, -0.2) is 9.37 Å². The molecule has 0 bridgehead atoms. The molecule has 0 unspecified atom stereocenters. The summed E-state index contributed by atoms with van der Waals surface area (Å²) in [5.74, 6) is -0.217. The predicted octanol–water partition coefficient (Wildman–Crippen LogP) is 4.75. The number of aromatic amines is 1. The van der Waals surface area contributed by atoms with Gasteiger partial charge in [-0.2, -0.15) is 5.10 Å². The van der Waals surface area contributed by atoms with E-state index in [9.17, 15) is 9.18 Å². The number of hydrogen-bond acceptors (Lipinski definition) is 4. The van der Waals surface area contributed by atoms with Crippen molar-refractivity contribution in [1.29, 1.82) is 0 Å². The van der Waals surface area contributed by atoms with Crippen LogP contribution in [0.5, 0.6) is 11.5 Å². The minimum Gasteiger partial charge on any atom is -0.453 e. The van der Waals surface area contributed by atoms with Crippen molar-refractivity contribution in [3.8, 4) is 11.5 Å². The third-order valence-corrected chi connectivity index (χ3v) is 4.61. The lowest BCUT2D eigenvalue weighted by molar-refractivity contribution is -0.116. The summed E-state index contributed by atoms with van der Waals surface area (Å²) in [4.78, 5) is 17.8. The summed E-state index contributed by atoms with van der Waals surface area (Å²) in [6.07, 6.45) is 1.56. The van der Waals surface area contributed by atoms with Crippen molar-refractivity contribution >= 4 is 22.6 Å². The number of pyridine rings is 1. The van der Waals surface area contributed by atoms with Crippen LogP contribution in [0, 0.1) is 12.7 Å². The number of carbonyl (C=O) groups excluding carboxylic acids is 1. The first-order chi connectivity index (χ1) is 14.0. The van der Waals surface area contributed by atoms with Gasteiger partial charge >= 0.3 is 0 Å². The number of amides is 1. The topological polar surface area (TPSA) is 71.1 Å². The number of ether oxygens (including phenoxy) is 1. The first-order valence-corrected chi connectivity index (χ1v) is 9.12. The Morgan fingerprint density at radius 2 is 1.93 bits per heavy atom. The smallest absolute Gasteiger partial charge is 0.224 e. The Labute approximate surface area is 167 Å². The maximum absolute atomic E-state index is 14.8. The Bertz CT molecular complexity index is 1170. The number of H-pyrrole nitrogens is 1. The number of fused-ring (bicyclic) bond motifs is 1. The molecule has 2 aromatic heterocycles. The van der Waals surface area contributed by atoms with E-state index >= 15 is 0 Å². The fourth-order valence-electron chi connectivity index (χ4n) is 3.16. The molecule has 0 aliphatic rings. The molecular weight excluding hydrogens is 371 g/mol. The van der Waals surface area contributed by atoms with E-state index in [0.717, 1.165) is 11.3 Å². The van der Waals surface area contributed by atoms with Gasteiger partial charge in [0, 0.05) is 30.6 Å². The van der Waals surface area contributed by atoms with Crippen molar-refractivity contribution in [2.24, 2.45) is 0 Å². The molecule has 0 fully saturated rings. The van der Waals surface area contributed by atoms with Crippen LogP contribution in [0.25, 0.3) is 11.0 Å². The fourth-order valence-corrected chi connectivity index (χ4v) is 3.16. The van der Waals surface area contributed by atoms with Gasteiger partial charge in [-0.05, 0) is 30.7 Å². The molecule has 0 atom stereocenters. The number of aromatic nitrogens is 3. The van der Waals surface area contributed by atoms with Crippen LogP contribution < -0.4 is 9.64 Å². The lowest BCUT2D eigenvalue weighted by Crippen LogP contribution is -2.27. The van der Waals surface area contributed by atoms with Crippen molar-refractivity contribution in [2.75, 3.05) is 4.90 Å². The Kier molecular flexibility index (Phi) is 4.95. The van der Waals surface area contributed by atoms with Crippen molar-refractivity contribution in [3.05, 3.63) is 77.9 Å². The number of anilines is 1. The summed E-state index contributed by atoms with van der Waals surface area (Å²) in [6.45, 7) is 3.66. The van der Waals surface area contributed by atoms with Crippen LogP contribution in [0.3, 0.4) is 0 Å². The number of nitrogens with one attached hydrogen (secondary N) is 1. The Morgan fingerprint density at radius 1 is 1.14 bits per heavy atom. The zero-order chi connectivity index (χ0) is 20.4. The van der Waals surface area contributed by atoms with E-state index in [0.29, 0.717) is 29.0 Å². The van der Waals surface area contributed by atoms with Crippen LogP contribution in [0.15, 0.2) is 60.8 Å². The molecule has 0 aliphatic carbocycles. The lowest BCUT2D eigenvalue weighted by atomic mass is 10.2. The molecule has 0 spiro atoms. The summed E-state index contributed by atoms with van der Waals surface area (Å²) in [5.41, 5.74) is 2.71. The second-order valence-electron chi connectivity index (χ2n) is 6.66. The Balaban J connectivity index is 1.63. The van der Waals surface area contributed by atoms with Crippen molar-refractivity contribution < 1.29 is 13.9 Å². The van der Waals surface area contributed by atoms with Crippen LogP contribution >= 0.6 is 0 Å². The number of aryl methyl sites for hydroxylation is 1. The van der Waals surface area contributed by atoms with Gasteiger partial charge in [-0.3, -0.25) is 9.89 Å². The molecule has 4 aromatic rings. The van der Waals surface area contributed by atoms with Crippen molar-refractivity contribution in [3.63, 3.8) is 0 Å². The molecule has 0 radical (unpaired) electrons. The molecule has 146 valence electrons. The van der Waals surface area contributed by atoms with Crippen LogP contribution in [-0.4, -0.2) is 21.1 Å². The average Bonchev–Trinajstić information content (AvgIpc) is 3.10. The van der Waals surface area contributed by atoms with Gasteiger partial charge in [0.1, 0.15) is 5.75 Å². The van der Waals surface area contributed by atoms with E-state index in [1.165, 1.54) is 24.0 Å². The van der Waals surface area contributed by atoms with Crippen LogP contribution in [0.4, 0.5) is 10.1 Å². The molecule has 4 rings (SSSR count). The standard InChI is InChI=1S/C22H19FN4O2/c1-14-21-20(10-11-24-22(21)26-25-14)29-19-9-8-17(12-18(19)23)27(15(2)28)13-16-6-4-3-5-7-16/h3-12H,13H2,1-2H3,(H,24,25,26). The minimum atomic E-state index is -0.562. The van der Waals surface area contributed by atoms with E-state index in [4.69, 9.17) is 4.74 Å². The molecule has 29 heavy (non-hydrogen) atoms. The largest absolute Gasteiger partial charge is 0.453 e.